The molecule has 25 heavy (non-hydrogen) atoms. The second-order valence-corrected chi connectivity index (χ2v) is 7.68. The summed E-state index contributed by atoms with van der Waals surface area (Å²) in [4.78, 5) is 15.3. The molecule has 1 atom stereocenters. The zero-order valence-electron chi connectivity index (χ0n) is 13.7. The molecule has 0 bridgehead atoms. The lowest BCUT2D eigenvalue weighted by Crippen LogP contribution is -2.31. The van der Waals surface area contributed by atoms with E-state index in [-0.39, 0.29) is 17.4 Å². The van der Waals surface area contributed by atoms with Gasteiger partial charge in [-0.05, 0) is 32.4 Å². The number of halogens is 2. The molecule has 1 amide bonds. The van der Waals surface area contributed by atoms with Crippen molar-refractivity contribution in [1.29, 1.82) is 0 Å². The summed E-state index contributed by atoms with van der Waals surface area (Å²) in [5, 5.41) is 1.88. The summed E-state index contributed by atoms with van der Waals surface area (Å²) in [6.45, 7) is 5.30. The molecule has 10 heteroatoms. The smallest absolute Gasteiger partial charge is 0.284 e. The molecule has 1 heterocycles. The van der Waals surface area contributed by atoms with Crippen molar-refractivity contribution in [3.05, 3.63) is 45.4 Å². The lowest BCUT2D eigenvalue weighted by Gasteiger charge is -2.08. The standard InChI is InChI=1S/C15H16F2N2O4S2/c1-4-23-9(3)15-18-12(7-24-15)14(20)19-25(21,22)13-5-8(2)10(16)6-11(13)17/h5-7,9H,4H2,1-3H3,(H,19,20)/t9-/m0/s1. The summed E-state index contributed by atoms with van der Waals surface area (Å²) >= 11 is 1.14. The minimum Gasteiger partial charge on any atom is -0.372 e. The van der Waals surface area contributed by atoms with Crippen LogP contribution >= 0.6 is 11.3 Å². The van der Waals surface area contributed by atoms with Crippen LogP contribution in [0.3, 0.4) is 0 Å². The fourth-order valence-electron chi connectivity index (χ4n) is 1.97. The number of benzene rings is 1. The van der Waals surface area contributed by atoms with Crippen LogP contribution in [0, 0.1) is 18.6 Å². The molecular weight excluding hydrogens is 374 g/mol. The number of hydrogen-bond donors (Lipinski definition) is 1. The van der Waals surface area contributed by atoms with Crippen molar-refractivity contribution in [3.63, 3.8) is 0 Å². The van der Waals surface area contributed by atoms with Gasteiger partial charge in [0, 0.05) is 18.1 Å². The molecule has 6 nitrogen and oxygen atoms in total. The minimum absolute atomic E-state index is 0.0595. The van der Waals surface area contributed by atoms with Gasteiger partial charge in [-0.3, -0.25) is 4.79 Å². The van der Waals surface area contributed by atoms with E-state index in [4.69, 9.17) is 4.74 Å². The average molecular weight is 390 g/mol. The molecule has 1 aromatic carbocycles. The van der Waals surface area contributed by atoms with Gasteiger partial charge in [0.25, 0.3) is 15.9 Å². The molecule has 0 fully saturated rings. The molecule has 1 aromatic heterocycles. The van der Waals surface area contributed by atoms with Crippen molar-refractivity contribution in [1.82, 2.24) is 9.71 Å². The number of hydrogen-bond acceptors (Lipinski definition) is 6. The topological polar surface area (TPSA) is 85.4 Å². The minimum atomic E-state index is -4.51. The maximum atomic E-state index is 13.8. The lowest BCUT2D eigenvalue weighted by atomic mass is 10.2. The van der Waals surface area contributed by atoms with E-state index in [0.29, 0.717) is 17.7 Å². The molecule has 0 aliphatic heterocycles. The Labute approximate surface area is 147 Å². The van der Waals surface area contributed by atoms with Gasteiger partial charge in [0.1, 0.15) is 33.3 Å². The molecule has 0 saturated heterocycles. The lowest BCUT2D eigenvalue weighted by molar-refractivity contribution is 0.0760. The summed E-state index contributed by atoms with van der Waals surface area (Å²) in [6, 6.07) is 1.28. The number of amides is 1. The van der Waals surface area contributed by atoms with Gasteiger partial charge in [-0.15, -0.1) is 11.3 Å². The highest BCUT2D eigenvalue weighted by Gasteiger charge is 2.25. The van der Waals surface area contributed by atoms with E-state index in [1.807, 2.05) is 6.92 Å². The summed E-state index contributed by atoms with van der Waals surface area (Å²) in [5.41, 5.74) is -0.190. The Hall–Kier alpha value is -1.91. The van der Waals surface area contributed by atoms with Gasteiger partial charge in [-0.1, -0.05) is 0 Å². The van der Waals surface area contributed by atoms with Crippen LogP contribution in [0.4, 0.5) is 8.78 Å². The van der Waals surface area contributed by atoms with Crippen LogP contribution in [-0.2, 0) is 14.8 Å². The maximum absolute atomic E-state index is 13.8. The van der Waals surface area contributed by atoms with Gasteiger partial charge >= 0.3 is 0 Å². The number of carbonyl (C=O) groups excluding carboxylic acids is 1. The summed E-state index contributed by atoms with van der Waals surface area (Å²) in [7, 11) is -4.51. The van der Waals surface area contributed by atoms with E-state index in [2.05, 4.69) is 4.98 Å². The highest BCUT2D eigenvalue weighted by atomic mass is 32.2. The van der Waals surface area contributed by atoms with E-state index in [1.165, 1.54) is 12.3 Å². The molecule has 0 unspecified atom stereocenters. The SMILES string of the molecule is CCO[C@@H](C)c1nc(C(=O)NS(=O)(=O)c2cc(C)c(F)cc2F)cs1. The first-order valence-corrected chi connectivity index (χ1v) is 9.61. The highest BCUT2D eigenvalue weighted by molar-refractivity contribution is 7.90. The quantitative estimate of drug-likeness (QED) is 0.820. The molecule has 136 valence electrons. The van der Waals surface area contributed by atoms with Gasteiger partial charge in [0.2, 0.25) is 0 Å². The maximum Gasteiger partial charge on any atom is 0.284 e. The number of aryl methyl sites for hydroxylation is 1. The Morgan fingerprint density at radius 3 is 2.68 bits per heavy atom. The van der Waals surface area contributed by atoms with Crippen LogP contribution < -0.4 is 4.72 Å². The highest BCUT2D eigenvalue weighted by Crippen LogP contribution is 2.22. The normalized spacial score (nSPS) is 12.8. The molecular formula is C15H16F2N2O4S2. The van der Waals surface area contributed by atoms with Crippen molar-refractivity contribution in [2.45, 2.75) is 31.8 Å². The Morgan fingerprint density at radius 2 is 2.04 bits per heavy atom. The van der Waals surface area contributed by atoms with Crippen molar-refractivity contribution in [2.24, 2.45) is 0 Å². The van der Waals surface area contributed by atoms with Crippen molar-refractivity contribution >= 4 is 27.3 Å². The van der Waals surface area contributed by atoms with Crippen LogP contribution in [0.25, 0.3) is 0 Å². The van der Waals surface area contributed by atoms with E-state index in [1.54, 1.807) is 11.6 Å². The molecule has 0 spiro atoms. The van der Waals surface area contributed by atoms with E-state index in [9.17, 15) is 22.0 Å². The first-order chi connectivity index (χ1) is 11.7. The van der Waals surface area contributed by atoms with E-state index >= 15 is 0 Å². The number of thiazole rings is 1. The predicted octanol–water partition coefficient (Wildman–Crippen LogP) is 2.95. The van der Waals surface area contributed by atoms with E-state index < -0.39 is 32.5 Å². The summed E-state index contributed by atoms with van der Waals surface area (Å²) in [5.74, 6) is -3.17. The van der Waals surface area contributed by atoms with Crippen molar-refractivity contribution < 1.29 is 26.7 Å². The third kappa shape index (κ3) is 4.39. The van der Waals surface area contributed by atoms with Crippen molar-refractivity contribution in [3.8, 4) is 0 Å². The Morgan fingerprint density at radius 1 is 1.36 bits per heavy atom. The number of nitrogens with one attached hydrogen (secondary N) is 1. The van der Waals surface area contributed by atoms with Crippen molar-refractivity contribution in [2.75, 3.05) is 6.61 Å². The number of carbonyl (C=O) groups is 1. The van der Waals surface area contributed by atoms with Crippen LogP contribution in [0.15, 0.2) is 22.4 Å². The first-order valence-electron chi connectivity index (χ1n) is 7.25. The zero-order chi connectivity index (χ0) is 18.8. The molecule has 0 aliphatic carbocycles. The monoisotopic (exact) mass is 390 g/mol. The fraction of sp³-hybridized carbons (Fsp3) is 0.333. The number of ether oxygens (including phenoxy) is 1. The zero-order valence-corrected chi connectivity index (χ0v) is 15.3. The van der Waals surface area contributed by atoms with Gasteiger partial charge in [0.15, 0.2) is 0 Å². The summed E-state index contributed by atoms with van der Waals surface area (Å²) < 4.78 is 58.5. The molecule has 0 aliphatic rings. The van der Waals surface area contributed by atoms with E-state index in [0.717, 1.165) is 17.4 Å². The molecule has 2 aromatic rings. The van der Waals surface area contributed by atoms with Crippen LogP contribution in [0.1, 0.15) is 41.0 Å². The number of sulfonamides is 1. The fourth-order valence-corrected chi connectivity index (χ4v) is 3.87. The third-order valence-corrected chi connectivity index (χ3v) is 5.60. The molecule has 1 N–H and O–H groups in total. The van der Waals surface area contributed by atoms with Gasteiger partial charge in [0.05, 0.1) is 0 Å². The van der Waals surface area contributed by atoms with Gasteiger partial charge in [-0.2, -0.15) is 0 Å². The Kier molecular flexibility index (Phi) is 5.86. The largest absolute Gasteiger partial charge is 0.372 e. The average Bonchev–Trinajstić information content (AvgIpc) is 3.00. The van der Waals surface area contributed by atoms with Crippen LogP contribution in [0.2, 0.25) is 0 Å². The summed E-state index contributed by atoms with van der Waals surface area (Å²) in [6.07, 6.45) is -0.342. The van der Waals surface area contributed by atoms with Gasteiger partial charge in [-0.25, -0.2) is 26.9 Å². The van der Waals surface area contributed by atoms with Crippen LogP contribution in [-0.4, -0.2) is 25.9 Å². The number of nitrogens with zero attached hydrogens (tertiary/aromatic N) is 1. The Balaban J connectivity index is 2.24. The van der Waals surface area contributed by atoms with Crippen LogP contribution in [0.5, 0.6) is 0 Å². The Bertz CT molecular complexity index is 897. The molecule has 2 rings (SSSR count). The second kappa shape index (κ2) is 7.54. The first kappa shape index (κ1) is 19.4. The molecule has 0 saturated carbocycles. The third-order valence-electron chi connectivity index (χ3n) is 3.25. The predicted molar refractivity (Wildman–Crippen MR) is 87.9 cm³/mol. The number of rotatable bonds is 6. The van der Waals surface area contributed by atoms with Gasteiger partial charge < -0.3 is 4.74 Å². The molecule has 0 radical (unpaired) electrons. The second-order valence-electron chi connectivity index (χ2n) is 5.13. The number of aromatic nitrogens is 1.